The van der Waals surface area contributed by atoms with Gasteiger partial charge in [-0.05, 0) is 64.0 Å². The Morgan fingerprint density at radius 3 is 2.48 bits per heavy atom. The van der Waals surface area contributed by atoms with Gasteiger partial charge in [0.15, 0.2) is 11.5 Å². The Kier molecular flexibility index (Phi) is 7.52. The van der Waals surface area contributed by atoms with Crippen LogP contribution in [0.4, 0.5) is 10.1 Å². The van der Waals surface area contributed by atoms with Crippen LogP contribution in [0.15, 0.2) is 53.0 Å². The highest BCUT2D eigenvalue weighted by Crippen LogP contribution is 2.38. The van der Waals surface area contributed by atoms with Crippen LogP contribution in [0.5, 0.6) is 11.5 Å². The molecule has 0 fully saturated rings. The van der Waals surface area contributed by atoms with E-state index in [2.05, 4.69) is 21.2 Å². The Hall–Kier alpha value is -1.66. The van der Waals surface area contributed by atoms with Gasteiger partial charge in [0.2, 0.25) is 0 Å². The van der Waals surface area contributed by atoms with Crippen molar-refractivity contribution in [2.75, 3.05) is 12.4 Å². The van der Waals surface area contributed by atoms with Gasteiger partial charge in [-0.15, -0.1) is 0 Å². The van der Waals surface area contributed by atoms with Gasteiger partial charge >= 0.3 is 0 Å². The largest absolute Gasteiger partial charge is 0.493 e. The first-order chi connectivity index (χ1) is 13.9. The molecule has 3 aromatic carbocycles. The predicted octanol–water partition coefficient (Wildman–Crippen LogP) is 7.75. The quantitative estimate of drug-likeness (QED) is 0.346. The number of hydrogen-bond donors (Lipinski definition) is 1. The van der Waals surface area contributed by atoms with Gasteiger partial charge in [0.25, 0.3) is 0 Å². The smallest absolute Gasteiger partial charge is 0.175 e. The van der Waals surface area contributed by atoms with Gasteiger partial charge in [0.1, 0.15) is 12.4 Å². The molecule has 0 aliphatic carbocycles. The summed E-state index contributed by atoms with van der Waals surface area (Å²) < 4.78 is 25.4. The van der Waals surface area contributed by atoms with Crippen LogP contribution in [0.2, 0.25) is 15.1 Å². The molecule has 0 heterocycles. The summed E-state index contributed by atoms with van der Waals surface area (Å²) in [5, 5.41) is 4.37. The van der Waals surface area contributed by atoms with E-state index in [-0.39, 0.29) is 11.6 Å². The number of anilines is 1. The van der Waals surface area contributed by atoms with Gasteiger partial charge in [0.05, 0.1) is 16.6 Å². The van der Waals surface area contributed by atoms with Gasteiger partial charge in [-0.1, -0.05) is 40.9 Å². The Balaban J connectivity index is 1.73. The van der Waals surface area contributed by atoms with Crippen molar-refractivity contribution in [3.63, 3.8) is 0 Å². The second-order valence-corrected chi connectivity index (χ2v) is 8.22. The first kappa shape index (κ1) is 22.0. The minimum absolute atomic E-state index is 0.0679. The van der Waals surface area contributed by atoms with Gasteiger partial charge in [0, 0.05) is 27.8 Å². The van der Waals surface area contributed by atoms with Crippen molar-refractivity contribution >= 4 is 56.4 Å². The molecule has 3 rings (SSSR count). The fourth-order valence-corrected chi connectivity index (χ4v) is 3.86. The zero-order valence-corrected chi connectivity index (χ0v) is 19.1. The summed E-state index contributed by atoms with van der Waals surface area (Å²) in [5.41, 5.74) is 2.46. The summed E-state index contributed by atoms with van der Waals surface area (Å²) >= 11 is 21.5. The fourth-order valence-electron chi connectivity index (χ4n) is 2.61. The molecular weight excluding hydrogens is 503 g/mol. The lowest BCUT2D eigenvalue weighted by molar-refractivity contribution is 0.282. The minimum Gasteiger partial charge on any atom is -0.493 e. The van der Waals surface area contributed by atoms with Crippen molar-refractivity contribution in [3.8, 4) is 11.5 Å². The van der Waals surface area contributed by atoms with Crippen molar-refractivity contribution < 1.29 is 13.9 Å². The van der Waals surface area contributed by atoms with E-state index >= 15 is 0 Å². The lowest BCUT2D eigenvalue weighted by atomic mass is 10.2. The van der Waals surface area contributed by atoms with Gasteiger partial charge in [-0.2, -0.15) is 0 Å². The maximum absolute atomic E-state index is 13.3. The topological polar surface area (TPSA) is 30.5 Å². The molecule has 3 nitrogen and oxygen atoms in total. The monoisotopic (exact) mass is 517 g/mol. The van der Waals surface area contributed by atoms with Crippen LogP contribution in [0, 0.1) is 5.82 Å². The summed E-state index contributed by atoms with van der Waals surface area (Å²) in [7, 11) is 1.57. The second-order valence-electron chi connectivity index (χ2n) is 6.12. The highest BCUT2D eigenvalue weighted by molar-refractivity contribution is 9.10. The molecule has 1 N–H and O–H groups in total. The van der Waals surface area contributed by atoms with Crippen molar-refractivity contribution in [1.29, 1.82) is 0 Å². The van der Waals surface area contributed by atoms with Gasteiger partial charge < -0.3 is 14.8 Å². The Bertz CT molecular complexity index is 1030. The Morgan fingerprint density at radius 1 is 1.00 bits per heavy atom. The van der Waals surface area contributed by atoms with E-state index in [9.17, 15) is 4.39 Å². The van der Waals surface area contributed by atoms with Gasteiger partial charge in [-0.25, -0.2) is 4.39 Å². The van der Waals surface area contributed by atoms with Crippen molar-refractivity contribution in [2.24, 2.45) is 0 Å². The molecule has 0 aromatic heterocycles. The third-order valence-corrected chi connectivity index (χ3v) is 5.56. The van der Waals surface area contributed by atoms with Crippen LogP contribution < -0.4 is 14.8 Å². The summed E-state index contributed by atoms with van der Waals surface area (Å²) in [4.78, 5) is 0. The average Bonchev–Trinajstić information content (AvgIpc) is 2.69. The molecule has 0 aliphatic rings. The molecule has 0 bridgehead atoms. The lowest BCUT2D eigenvalue weighted by Crippen LogP contribution is -2.03. The number of halogens is 5. The first-order valence-corrected chi connectivity index (χ1v) is 10.4. The van der Waals surface area contributed by atoms with E-state index in [1.165, 1.54) is 12.1 Å². The van der Waals surface area contributed by atoms with Crippen LogP contribution in [-0.4, -0.2) is 7.11 Å². The molecular formula is C21H16BrCl3FNO2. The Labute approximate surface area is 191 Å². The molecule has 0 unspecified atom stereocenters. The number of nitrogens with one attached hydrogen (secondary N) is 1. The van der Waals surface area contributed by atoms with Crippen LogP contribution in [-0.2, 0) is 13.2 Å². The van der Waals surface area contributed by atoms with Crippen molar-refractivity contribution in [2.45, 2.75) is 13.2 Å². The van der Waals surface area contributed by atoms with E-state index in [0.29, 0.717) is 33.8 Å². The van der Waals surface area contributed by atoms with Crippen LogP contribution in [0.25, 0.3) is 0 Å². The molecule has 0 aliphatic heterocycles. The highest BCUT2D eigenvalue weighted by Gasteiger charge is 2.13. The van der Waals surface area contributed by atoms with Crippen molar-refractivity contribution in [1.82, 2.24) is 0 Å². The van der Waals surface area contributed by atoms with E-state index in [0.717, 1.165) is 15.6 Å². The van der Waals surface area contributed by atoms with Crippen LogP contribution >= 0.6 is 50.7 Å². The highest BCUT2D eigenvalue weighted by atomic mass is 79.9. The molecule has 0 saturated heterocycles. The fraction of sp³-hybridized carbons (Fsp3) is 0.143. The molecule has 0 amide bonds. The molecule has 152 valence electrons. The normalized spacial score (nSPS) is 10.7. The number of hydrogen-bond acceptors (Lipinski definition) is 3. The number of methoxy groups -OCH3 is 1. The van der Waals surface area contributed by atoms with Gasteiger partial charge in [-0.3, -0.25) is 0 Å². The zero-order valence-electron chi connectivity index (χ0n) is 15.2. The number of benzene rings is 3. The minimum atomic E-state index is -0.455. The van der Waals surface area contributed by atoms with Crippen molar-refractivity contribution in [3.05, 3.63) is 85.0 Å². The second kappa shape index (κ2) is 9.90. The summed E-state index contributed by atoms with van der Waals surface area (Å²) in [6.45, 7) is 0.747. The van der Waals surface area contributed by atoms with Crippen LogP contribution in [0.3, 0.4) is 0 Å². The SMILES string of the molecule is COc1cc(CNc2ccc(F)c(Cl)c2)cc(Br)c1OCc1ccc(Cl)cc1Cl. The van der Waals surface area contributed by atoms with E-state index in [1.54, 1.807) is 25.3 Å². The molecule has 29 heavy (non-hydrogen) atoms. The third-order valence-electron chi connectivity index (χ3n) is 4.09. The average molecular weight is 520 g/mol. The number of ether oxygens (including phenoxy) is 2. The lowest BCUT2D eigenvalue weighted by Gasteiger charge is -2.16. The molecule has 0 spiro atoms. The van der Waals surface area contributed by atoms with Crippen LogP contribution in [0.1, 0.15) is 11.1 Å². The predicted molar refractivity (Wildman–Crippen MR) is 120 cm³/mol. The molecule has 0 radical (unpaired) electrons. The summed E-state index contributed by atoms with van der Waals surface area (Å²) in [5.74, 6) is 0.675. The van der Waals surface area contributed by atoms with E-state index < -0.39 is 5.82 Å². The molecule has 3 aromatic rings. The maximum Gasteiger partial charge on any atom is 0.175 e. The number of rotatable bonds is 7. The maximum atomic E-state index is 13.3. The standard InChI is InChI=1S/C21H16BrCl3FNO2/c1-28-20-7-12(10-27-15-4-5-19(26)18(25)9-15)6-16(22)21(20)29-11-13-2-3-14(23)8-17(13)24/h2-9,27H,10-11H2,1H3. The molecule has 0 atom stereocenters. The molecule has 0 saturated carbocycles. The zero-order chi connectivity index (χ0) is 21.0. The summed E-state index contributed by atoms with van der Waals surface area (Å²) in [6, 6.07) is 13.5. The Morgan fingerprint density at radius 2 is 1.79 bits per heavy atom. The first-order valence-electron chi connectivity index (χ1n) is 8.49. The summed E-state index contributed by atoms with van der Waals surface area (Å²) in [6.07, 6.45) is 0. The molecule has 8 heteroatoms. The third kappa shape index (κ3) is 5.70. The van der Waals surface area contributed by atoms with E-state index in [4.69, 9.17) is 44.3 Å². The van der Waals surface area contributed by atoms with E-state index in [1.807, 2.05) is 18.2 Å².